The molecule has 1 aromatic carbocycles. The zero-order chi connectivity index (χ0) is 18.9. The molecule has 2 aliphatic heterocycles. The first-order valence-electron chi connectivity index (χ1n) is 8.55. The van der Waals surface area contributed by atoms with Crippen LogP contribution >= 0.6 is 0 Å². The summed E-state index contributed by atoms with van der Waals surface area (Å²) in [5, 5.41) is 0. The number of hydrogen-bond acceptors (Lipinski definition) is 6. The predicted molar refractivity (Wildman–Crippen MR) is 94.8 cm³/mol. The summed E-state index contributed by atoms with van der Waals surface area (Å²) < 4.78 is 64.4. The number of morpholine rings is 2. The van der Waals surface area contributed by atoms with Crippen LogP contribution in [0.2, 0.25) is 0 Å². The molecule has 2 aliphatic rings. The van der Waals surface area contributed by atoms with Gasteiger partial charge < -0.3 is 9.47 Å². The molecule has 2 unspecified atom stereocenters. The Morgan fingerprint density at radius 2 is 1.23 bits per heavy atom. The van der Waals surface area contributed by atoms with E-state index in [2.05, 4.69) is 0 Å². The number of ether oxygens (including phenoxy) is 2. The van der Waals surface area contributed by atoms with E-state index in [1.165, 1.54) is 32.9 Å². The highest BCUT2D eigenvalue weighted by atomic mass is 32.2. The molecule has 0 spiro atoms. The van der Waals surface area contributed by atoms with Gasteiger partial charge in [0.2, 0.25) is 20.0 Å². The maximum Gasteiger partial charge on any atom is 0.243 e. The Kier molecular flexibility index (Phi) is 5.71. The lowest BCUT2D eigenvalue weighted by Crippen LogP contribution is -2.48. The summed E-state index contributed by atoms with van der Waals surface area (Å²) in [6.07, 6.45) is -0.371. The van der Waals surface area contributed by atoms with Gasteiger partial charge in [0.1, 0.15) is 0 Å². The minimum atomic E-state index is -3.69. The van der Waals surface area contributed by atoms with Gasteiger partial charge in [-0.25, -0.2) is 16.8 Å². The largest absolute Gasteiger partial charge is 0.379 e. The van der Waals surface area contributed by atoms with Gasteiger partial charge in [0.05, 0.1) is 35.2 Å². The van der Waals surface area contributed by atoms with E-state index < -0.39 is 20.0 Å². The number of rotatable bonds is 4. The molecule has 2 saturated heterocycles. The van der Waals surface area contributed by atoms with Gasteiger partial charge in [0.15, 0.2) is 0 Å². The maximum absolute atomic E-state index is 12.8. The first-order chi connectivity index (χ1) is 12.2. The molecule has 26 heavy (non-hydrogen) atoms. The predicted octanol–water partition coefficient (Wildman–Crippen LogP) is 0.505. The van der Waals surface area contributed by atoms with Gasteiger partial charge in [0, 0.05) is 26.2 Å². The molecular weight excluding hydrogens is 380 g/mol. The molecule has 2 atom stereocenters. The van der Waals surface area contributed by atoms with Crippen LogP contribution in [0.1, 0.15) is 13.8 Å². The van der Waals surface area contributed by atoms with Crippen LogP contribution in [0, 0.1) is 0 Å². The molecule has 0 saturated carbocycles. The molecule has 10 heteroatoms. The van der Waals surface area contributed by atoms with Gasteiger partial charge in [-0.15, -0.1) is 0 Å². The monoisotopic (exact) mass is 404 g/mol. The SMILES string of the molecule is CC1CN(S(=O)(=O)c2ccc(S(=O)(=O)N3CCOCC3)cc2)CC(C)O1. The minimum absolute atomic E-state index is 0.0831. The highest BCUT2D eigenvalue weighted by Gasteiger charge is 2.33. The zero-order valence-corrected chi connectivity index (χ0v) is 16.5. The van der Waals surface area contributed by atoms with Crippen molar-refractivity contribution in [3.8, 4) is 0 Å². The first-order valence-corrected chi connectivity index (χ1v) is 11.4. The second-order valence-corrected chi connectivity index (χ2v) is 10.4. The average molecular weight is 405 g/mol. The average Bonchev–Trinajstić information content (AvgIpc) is 2.62. The highest BCUT2D eigenvalue weighted by molar-refractivity contribution is 7.89. The Morgan fingerprint density at radius 1 is 0.808 bits per heavy atom. The third kappa shape index (κ3) is 3.95. The van der Waals surface area contributed by atoms with Crippen molar-refractivity contribution in [3.05, 3.63) is 24.3 Å². The fourth-order valence-corrected chi connectivity index (χ4v) is 6.19. The zero-order valence-electron chi connectivity index (χ0n) is 14.9. The molecule has 2 heterocycles. The Balaban J connectivity index is 1.82. The van der Waals surface area contributed by atoms with Crippen LogP contribution in [-0.2, 0) is 29.5 Å². The second-order valence-electron chi connectivity index (χ2n) is 6.57. The molecule has 1 aromatic rings. The van der Waals surface area contributed by atoms with E-state index in [0.717, 1.165) is 0 Å². The minimum Gasteiger partial charge on any atom is -0.379 e. The van der Waals surface area contributed by atoms with Gasteiger partial charge in [-0.2, -0.15) is 8.61 Å². The lowest BCUT2D eigenvalue weighted by molar-refractivity contribution is -0.0440. The molecule has 8 nitrogen and oxygen atoms in total. The lowest BCUT2D eigenvalue weighted by atomic mass is 10.3. The van der Waals surface area contributed by atoms with Crippen LogP contribution in [0.4, 0.5) is 0 Å². The van der Waals surface area contributed by atoms with E-state index in [1.54, 1.807) is 0 Å². The molecule has 0 aliphatic carbocycles. The van der Waals surface area contributed by atoms with Gasteiger partial charge in [-0.1, -0.05) is 0 Å². The summed E-state index contributed by atoms with van der Waals surface area (Å²) in [7, 11) is -7.33. The summed E-state index contributed by atoms with van der Waals surface area (Å²) in [4.78, 5) is 0.168. The maximum atomic E-state index is 12.8. The molecule has 0 N–H and O–H groups in total. The number of hydrogen-bond donors (Lipinski definition) is 0. The third-order valence-electron chi connectivity index (χ3n) is 4.46. The van der Waals surface area contributed by atoms with E-state index in [1.807, 2.05) is 13.8 Å². The van der Waals surface area contributed by atoms with E-state index in [4.69, 9.17) is 9.47 Å². The third-order valence-corrected chi connectivity index (χ3v) is 8.21. The van der Waals surface area contributed by atoms with Crippen molar-refractivity contribution in [1.29, 1.82) is 0 Å². The number of sulfonamides is 2. The van der Waals surface area contributed by atoms with Crippen molar-refractivity contribution in [2.45, 2.75) is 35.8 Å². The fraction of sp³-hybridized carbons (Fsp3) is 0.625. The lowest BCUT2D eigenvalue weighted by Gasteiger charge is -2.34. The van der Waals surface area contributed by atoms with Crippen molar-refractivity contribution in [1.82, 2.24) is 8.61 Å². The normalized spacial score (nSPS) is 26.7. The summed E-state index contributed by atoms with van der Waals surface area (Å²) in [5.74, 6) is 0. The van der Waals surface area contributed by atoms with Crippen molar-refractivity contribution in [2.75, 3.05) is 39.4 Å². The molecular formula is C16H24N2O6S2. The van der Waals surface area contributed by atoms with E-state index in [9.17, 15) is 16.8 Å². The molecule has 3 rings (SSSR count). The first kappa shape index (κ1) is 19.7. The number of benzene rings is 1. The van der Waals surface area contributed by atoms with Gasteiger partial charge in [0.25, 0.3) is 0 Å². The molecule has 146 valence electrons. The van der Waals surface area contributed by atoms with Gasteiger partial charge >= 0.3 is 0 Å². The summed E-state index contributed by atoms with van der Waals surface area (Å²) in [6, 6.07) is 5.41. The summed E-state index contributed by atoms with van der Waals surface area (Å²) in [6.45, 7) is 5.53. The van der Waals surface area contributed by atoms with Crippen LogP contribution in [0.25, 0.3) is 0 Å². The second kappa shape index (κ2) is 7.53. The standard InChI is InChI=1S/C16H24N2O6S2/c1-13-11-18(12-14(2)24-13)26(21,22)16-5-3-15(4-6-16)25(19,20)17-7-9-23-10-8-17/h3-6,13-14H,7-12H2,1-2H3. The molecule has 0 amide bonds. The Morgan fingerprint density at radius 3 is 1.69 bits per heavy atom. The molecule has 0 aromatic heterocycles. The quantitative estimate of drug-likeness (QED) is 0.726. The number of nitrogens with zero attached hydrogens (tertiary/aromatic N) is 2. The van der Waals surface area contributed by atoms with Crippen LogP contribution in [0.15, 0.2) is 34.1 Å². The van der Waals surface area contributed by atoms with E-state index in [0.29, 0.717) is 26.3 Å². The van der Waals surface area contributed by atoms with Crippen molar-refractivity contribution in [2.24, 2.45) is 0 Å². The Labute approximate surface area is 154 Å². The van der Waals surface area contributed by atoms with E-state index >= 15 is 0 Å². The van der Waals surface area contributed by atoms with Crippen LogP contribution in [0.5, 0.6) is 0 Å². The van der Waals surface area contributed by atoms with Crippen LogP contribution < -0.4 is 0 Å². The molecule has 2 fully saturated rings. The van der Waals surface area contributed by atoms with Crippen molar-refractivity contribution >= 4 is 20.0 Å². The van der Waals surface area contributed by atoms with Crippen LogP contribution in [0.3, 0.4) is 0 Å². The summed E-state index contributed by atoms with van der Waals surface area (Å²) >= 11 is 0. The van der Waals surface area contributed by atoms with Crippen LogP contribution in [-0.4, -0.2) is 77.0 Å². The molecule has 0 bridgehead atoms. The fourth-order valence-electron chi connectivity index (χ4n) is 3.20. The van der Waals surface area contributed by atoms with E-state index in [-0.39, 0.29) is 35.1 Å². The summed E-state index contributed by atoms with van der Waals surface area (Å²) in [5.41, 5.74) is 0. The van der Waals surface area contributed by atoms with Crippen molar-refractivity contribution in [3.63, 3.8) is 0 Å². The smallest absolute Gasteiger partial charge is 0.243 e. The Bertz CT molecular complexity index is 822. The van der Waals surface area contributed by atoms with Crippen molar-refractivity contribution < 1.29 is 26.3 Å². The molecule has 0 radical (unpaired) electrons. The topological polar surface area (TPSA) is 93.2 Å². The Hall–Kier alpha value is -1.04. The van der Waals surface area contributed by atoms with Gasteiger partial charge in [-0.3, -0.25) is 0 Å². The van der Waals surface area contributed by atoms with Gasteiger partial charge in [-0.05, 0) is 38.1 Å². The highest BCUT2D eigenvalue weighted by Crippen LogP contribution is 2.24.